The van der Waals surface area contributed by atoms with Crippen LogP contribution >= 0.6 is 15.9 Å². The Labute approximate surface area is 105 Å². The molecule has 2 rings (SSSR count). The Hall–Kier alpha value is -1.01. The van der Waals surface area contributed by atoms with E-state index in [-0.39, 0.29) is 5.92 Å². The van der Waals surface area contributed by atoms with Gasteiger partial charge in [-0.25, -0.2) is 0 Å². The summed E-state index contributed by atoms with van der Waals surface area (Å²) in [6.07, 6.45) is 1.98. The SMILES string of the molecule is Cc1cc(Br)ccc1N1CCC(C#N)CC1. The van der Waals surface area contributed by atoms with Crippen LogP contribution in [0.2, 0.25) is 0 Å². The van der Waals surface area contributed by atoms with E-state index >= 15 is 0 Å². The molecule has 0 radical (unpaired) electrons. The highest BCUT2D eigenvalue weighted by molar-refractivity contribution is 9.10. The summed E-state index contributed by atoms with van der Waals surface area (Å²) in [5, 5.41) is 8.86. The smallest absolute Gasteiger partial charge is 0.0657 e. The lowest BCUT2D eigenvalue weighted by Gasteiger charge is -2.32. The van der Waals surface area contributed by atoms with Crippen LogP contribution in [0.3, 0.4) is 0 Å². The van der Waals surface area contributed by atoms with Crippen LogP contribution in [-0.2, 0) is 0 Å². The van der Waals surface area contributed by atoms with Crippen LogP contribution in [0.5, 0.6) is 0 Å². The number of aryl methyl sites for hydroxylation is 1. The molecular formula is C13H15BrN2. The number of halogens is 1. The van der Waals surface area contributed by atoms with Crippen LogP contribution in [0.1, 0.15) is 18.4 Å². The van der Waals surface area contributed by atoms with Gasteiger partial charge in [-0.1, -0.05) is 15.9 Å². The Morgan fingerprint density at radius 3 is 2.62 bits per heavy atom. The molecule has 0 unspecified atom stereocenters. The largest absolute Gasteiger partial charge is 0.371 e. The summed E-state index contributed by atoms with van der Waals surface area (Å²) in [7, 11) is 0. The number of nitrogens with zero attached hydrogens (tertiary/aromatic N) is 2. The molecule has 1 saturated heterocycles. The van der Waals surface area contributed by atoms with Crippen LogP contribution in [-0.4, -0.2) is 13.1 Å². The van der Waals surface area contributed by atoms with E-state index < -0.39 is 0 Å². The maximum Gasteiger partial charge on any atom is 0.0657 e. The van der Waals surface area contributed by atoms with Gasteiger partial charge in [0.1, 0.15) is 0 Å². The maximum absolute atomic E-state index is 8.86. The second-order valence-electron chi connectivity index (χ2n) is 4.32. The summed E-state index contributed by atoms with van der Waals surface area (Å²) in [4.78, 5) is 2.38. The van der Waals surface area contributed by atoms with Crippen LogP contribution in [0.15, 0.2) is 22.7 Å². The first kappa shape index (κ1) is 11.5. The fraction of sp³-hybridized carbons (Fsp3) is 0.462. The van der Waals surface area contributed by atoms with E-state index in [4.69, 9.17) is 5.26 Å². The van der Waals surface area contributed by atoms with E-state index in [1.165, 1.54) is 11.3 Å². The van der Waals surface area contributed by atoms with Gasteiger partial charge >= 0.3 is 0 Å². The second kappa shape index (κ2) is 4.88. The molecule has 1 aromatic carbocycles. The van der Waals surface area contributed by atoms with Gasteiger partial charge in [-0.15, -0.1) is 0 Å². The molecule has 0 aromatic heterocycles. The number of piperidine rings is 1. The van der Waals surface area contributed by atoms with Gasteiger partial charge in [0.15, 0.2) is 0 Å². The van der Waals surface area contributed by atoms with Gasteiger partial charge in [0.2, 0.25) is 0 Å². The highest BCUT2D eigenvalue weighted by atomic mass is 79.9. The number of hydrogen-bond acceptors (Lipinski definition) is 2. The van der Waals surface area contributed by atoms with Crippen LogP contribution < -0.4 is 4.90 Å². The normalized spacial score (nSPS) is 17.2. The molecule has 16 heavy (non-hydrogen) atoms. The number of hydrogen-bond donors (Lipinski definition) is 0. The van der Waals surface area contributed by atoms with E-state index in [1.807, 2.05) is 0 Å². The number of nitriles is 1. The molecular weight excluding hydrogens is 264 g/mol. The molecule has 0 aliphatic carbocycles. The maximum atomic E-state index is 8.86. The van der Waals surface area contributed by atoms with Gasteiger partial charge in [-0.3, -0.25) is 0 Å². The summed E-state index contributed by atoms with van der Waals surface area (Å²) in [5.41, 5.74) is 2.60. The molecule has 3 heteroatoms. The van der Waals surface area contributed by atoms with E-state index in [0.29, 0.717) is 0 Å². The molecule has 0 atom stereocenters. The van der Waals surface area contributed by atoms with Gasteiger partial charge in [-0.2, -0.15) is 5.26 Å². The molecule has 0 N–H and O–H groups in total. The number of anilines is 1. The lowest BCUT2D eigenvalue weighted by molar-refractivity contribution is 0.487. The molecule has 0 amide bonds. The molecule has 1 heterocycles. The van der Waals surface area contributed by atoms with Crippen molar-refractivity contribution >= 4 is 21.6 Å². The second-order valence-corrected chi connectivity index (χ2v) is 5.24. The lowest BCUT2D eigenvalue weighted by atomic mass is 9.97. The highest BCUT2D eigenvalue weighted by Gasteiger charge is 2.19. The topological polar surface area (TPSA) is 27.0 Å². The van der Waals surface area contributed by atoms with Crippen molar-refractivity contribution in [3.8, 4) is 6.07 Å². The zero-order valence-corrected chi connectivity index (χ0v) is 11.0. The monoisotopic (exact) mass is 278 g/mol. The number of benzene rings is 1. The Balaban J connectivity index is 2.12. The van der Waals surface area contributed by atoms with Gasteiger partial charge in [0, 0.05) is 29.2 Å². The fourth-order valence-corrected chi connectivity index (χ4v) is 2.70. The van der Waals surface area contributed by atoms with E-state index in [0.717, 1.165) is 30.4 Å². The van der Waals surface area contributed by atoms with Gasteiger partial charge < -0.3 is 4.90 Å². The van der Waals surface area contributed by atoms with Crippen molar-refractivity contribution in [2.24, 2.45) is 5.92 Å². The Kier molecular flexibility index (Phi) is 3.50. The summed E-state index contributed by atoms with van der Waals surface area (Å²) in [5.74, 6) is 0.256. The van der Waals surface area contributed by atoms with Crippen molar-refractivity contribution in [2.75, 3.05) is 18.0 Å². The van der Waals surface area contributed by atoms with Crippen molar-refractivity contribution in [3.63, 3.8) is 0 Å². The van der Waals surface area contributed by atoms with Crippen LogP contribution in [0.25, 0.3) is 0 Å². The third-order valence-electron chi connectivity index (χ3n) is 3.18. The summed E-state index contributed by atoms with van der Waals surface area (Å²) in [6, 6.07) is 8.75. The molecule has 84 valence electrons. The van der Waals surface area contributed by atoms with Gasteiger partial charge in [0.05, 0.1) is 6.07 Å². The predicted molar refractivity (Wildman–Crippen MR) is 69.4 cm³/mol. The Morgan fingerprint density at radius 2 is 2.06 bits per heavy atom. The molecule has 1 fully saturated rings. The minimum Gasteiger partial charge on any atom is -0.371 e. The first-order chi connectivity index (χ1) is 7.70. The van der Waals surface area contributed by atoms with Crippen molar-refractivity contribution < 1.29 is 0 Å². The van der Waals surface area contributed by atoms with Crippen molar-refractivity contribution in [1.82, 2.24) is 0 Å². The predicted octanol–water partition coefficient (Wildman–Crippen LogP) is 3.50. The first-order valence-electron chi connectivity index (χ1n) is 5.61. The number of rotatable bonds is 1. The summed E-state index contributed by atoms with van der Waals surface area (Å²) in [6.45, 7) is 4.14. The van der Waals surface area contributed by atoms with Gasteiger partial charge in [-0.05, 0) is 43.5 Å². The molecule has 1 aromatic rings. The molecule has 1 aliphatic heterocycles. The first-order valence-corrected chi connectivity index (χ1v) is 6.40. The standard InChI is InChI=1S/C13H15BrN2/c1-10-8-12(14)2-3-13(10)16-6-4-11(9-15)5-7-16/h2-3,8,11H,4-7H2,1H3. The van der Waals surface area contributed by atoms with Crippen molar-refractivity contribution in [1.29, 1.82) is 5.26 Å². The third-order valence-corrected chi connectivity index (χ3v) is 3.67. The van der Waals surface area contributed by atoms with Crippen LogP contribution in [0, 0.1) is 24.2 Å². The van der Waals surface area contributed by atoms with E-state index in [1.54, 1.807) is 0 Å². The van der Waals surface area contributed by atoms with Crippen molar-refractivity contribution in [3.05, 3.63) is 28.2 Å². The summed E-state index contributed by atoms with van der Waals surface area (Å²) >= 11 is 3.48. The van der Waals surface area contributed by atoms with Crippen LogP contribution in [0.4, 0.5) is 5.69 Å². The van der Waals surface area contributed by atoms with Gasteiger partial charge in [0.25, 0.3) is 0 Å². The third kappa shape index (κ3) is 2.38. The lowest BCUT2D eigenvalue weighted by Crippen LogP contribution is -2.33. The average molecular weight is 279 g/mol. The molecule has 0 spiro atoms. The zero-order valence-electron chi connectivity index (χ0n) is 9.41. The quantitative estimate of drug-likeness (QED) is 0.786. The fourth-order valence-electron chi connectivity index (χ4n) is 2.22. The minimum atomic E-state index is 0.256. The summed E-state index contributed by atoms with van der Waals surface area (Å²) < 4.78 is 1.13. The Morgan fingerprint density at radius 1 is 1.38 bits per heavy atom. The van der Waals surface area contributed by atoms with Crippen molar-refractivity contribution in [2.45, 2.75) is 19.8 Å². The molecule has 2 nitrogen and oxygen atoms in total. The highest BCUT2D eigenvalue weighted by Crippen LogP contribution is 2.27. The zero-order chi connectivity index (χ0) is 11.5. The molecule has 1 aliphatic rings. The molecule has 0 bridgehead atoms. The van der Waals surface area contributed by atoms with E-state index in [9.17, 15) is 0 Å². The Bertz CT molecular complexity index is 414. The average Bonchev–Trinajstić information content (AvgIpc) is 2.29. The molecule has 0 saturated carbocycles. The minimum absolute atomic E-state index is 0.256. The van der Waals surface area contributed by atoms with E-state index in [2.05, 4.69) is 52.0 Å².